The van der Waals surface area contributed by atoms with E-state index in [4.69, 9.17) is 20.9 Å². The minimum atomic E-state index is 0.153. The lowest BCUT2D eigenvalue weighted by molar-refractivity contribution is 0.122. The minimum absolute atomic E-state index is 0.153. The number of nitrogens with zero attached hydrogens (tertiary/aromatic N) is 4. The maximum absolute atomic E-state index is 5.96. The van der Waals surface area contributed by atoms with E-state index in [1.54, 1.807) is 7.11 Å². The first kappa shape index (κ1) is 15.6. The molecule has 9 heteroatoms. The number of methoxy groups -OCH3 is 1. The van der Waals surface area contributed by atoms with Crippen molar-refractivity contribution >= 4 is 29.0 Å². The molecule has 0 aliphatic carbocycles. The molecule has 0 saturated carbocycles. The predicted octanol–water partition coefficient (Wildman–Crippen LogP) is 0.833. The van der Waals surface area contributed by atoms with Crippen LogP contribution in [0.4, 0.5) is 29.0 Å². The van der Waals surface area contributed by atoms with Crippen LogP contribution >= 0.6 is 0 Å². The van der Waals surface area contributed by atoms with Gasteiger partial charge in [0.1, 0.15) is 11.6 Å². The molecule has 2 aliphatic heterocycles. The summed E-state index contributed by atoms with van der Waals surface area (Å²) in [5.74, 6) is 1.94. The molecule has 0 amide bonds. The quantitative estimate of drug-likeness (QED) is 0.745. The fourth-order valence-electron chi connectivity index (χ4n) is 3.15. The molecule has 1 aromatic heterocycles. The molecule has 1 aromatic carbocycles. The van der Waals surface area contributed by atoms with Gasteiger partial charge in [0.2, 0.25) is 5.95 Å². The van der Waals surface area contributed by atoms with Crippen LogP contribution in [0, 0.1) is 0 Å². The smallest absolute Gasteiger partial charge is 0.224 e. The number of aromatic nitrogens is 2. The number of nitrogen functional groups attached to an aromatic ring is 2. The van der Waals surface area contributed by atoms with Gasteiger partial charge in [0.15, 0.2) is 5.82 Å². The SMILES string of the molecule is COc1cc(N2CCOCC2)ccc1N1Cc2c(N)nc(N)nc2N1. The summed E-state index contributed by atoms with van der Waals surface area (Å²) in [5.41, 5.74) is 17.7. The highest BCUT2D eigenvalue weighted by Crippen LogP contribution is 2.38. The van der Waals surface area contributed by atoms with Gasteiger partial charge in [-0.15, -0.1) is 0 Å². The normalized spacial score (nSPS) is 16.5. The lowest BCUT2D eigenvalue weighted by atomic mass is 10.2. The van der Waals surface area contributed by atoms with Crippen LogP contribution in [-0.4, -0.2) is 43.4 Å². The molecular weight excluding hydrogens is 322 g/mol. The van der Waals surface area contributed by atoms with Gasteiger partial charge in [0.05, 0.1) is 38.1 Å². The molecule has 1 saturated heterocycles. The van der Waals surface area contributed by atoms with Crippen LogP contribution in [0.15, 0.2) is 18.2 Å². The highest BCUT2D eigenvalue weighted by molar-refractivity contribution is 5.73. The minimum Gasteiger partial charge on any atom is -0.494 e. The Kier molecular flexibility index (Phi) is 3.85. The third kappa shape index (κ3) is 2.82. The van der Waals surface area contributed by atoms with E-state index < -0.39 is 0 Å². The fourth-order valence-corrected chi connectivity index (χ4v) is 3.15. The van der Waals surface area contributed by atoms with Crippen molar-refractivity contribution in [3.05, 3.63) is 23.8 Å². The van der Waals surface area contributed by atoms with E-state index in [0.717, 1.165) is 49.0 Å². The second-order valence-corrected chi connectivity index (χ2v) is 5.95. The first-order valence-electron chi connectivity index (χ1n) is 8.12. The standard InChI is InChI=1S/C16H21N7O2/c1-24-13-8-10(22-4-6-25-7-5-22)2-3-12(13)23-9-11-14(17)19-16(18)20-15(11)21-23/h2-3,8H,4-7,9H2,1H3,(H5,17,18,19,20,21). The van der Waals surface area contributed by atoms with Gasteiger partial charge in [-0.25, -0.2) is 0 Å². The third-order valence-electron chi connectivity index (χ3n) is 4.44. The van der Waals surface area contributed by atoms with Crippen molar-refractivity contribution < 1.29 is 9.47 Å². The molecule has 4 rings (SSSR count). The molecule has 3 heterocycles. The Labute approximate surface area is 145 Å². The first-order valence-corrected chi connectivity index (χ1v) is 8.12. The second-order valence-electron chi connectivity index (χ2n) is 5.95. The number of nitrogens with one attached hydrogen (secondary N) is 1. The third-order valence-corrected chi connectivity index (χ3v) is 4.44. The summed E-state index contributed by atoms with van der Waals surface area (Å²) >= 11 is 0. The summed E-state index contributed by atoms with van der Waals surface area (Å²) in [6.45, 7) is 3.77. The maximum Gasteiger partial charge on any atom is 0.224 e. The number of fused-ring (bicyclic) bond motifs is 1. The van der Waals surface area contributed by atoms with E-state index >= 15 is 0 Å². The molecule has 0 unspecified atom stereocenters. The zero-order chi connectivity index (χ0) is 17.4. The van der Waals surface area contributed by atoms with Gasteiger partial charge >= 0.3 is 0 Å². The summed E-state index contributed by atoms with van der Waals surface area (Å²) in [6.07, 6.45) is 0. The van der Waals surface area contributed by atoms with Gasteiger partial charge < -0.3 is 25.8 Å². The van der Waals surface area contributed by atoms with Crippen molar-refractivity contribution in [2.24, 2.45) is 0 Å². The molecule has 2 aliphatic rings. The zero-order valence-electron chi connectivity index (χ0n) is 14.0. The van der Waals surface area contributed by atoms with E-state index in [2.05, 4.69) is 26.4 Å². The number of hydrogen-bond donors (Lipinski definition) is 3. The van der Waals surface area contributed by atoms with E-state index in [0.29, 0.717) is 18.2 Å². The lowest BCUT2D eigenvalue weighted by Crippen LogP contribution is -2.36. The Morgan fingerprint density at radius 3 is 2.76 bits per heavy atom. The zero-order valence-corrected chi connectivity index (χ0v) is 14.0. The van der Waals surface area contributed by atoms with E-state index in [-0.39, 0.29) is 5.95 Å². The molecule has 25 heavy (non-hydrogen) atoms. The first-order chi connectivity index (χ1) is 12.2. The molecule has 132 valence electrons. The summed E-state index contributed by atoms with van der Waals surface area (Å²) in [4.78, 5) is 10.5. The number of hydrazine groups is 1. The summed E-state index contributed by atoms with van der Waals surface area (Å²) in [5, 5.41) is 1.93. The summed E-state index contributed by atoms with van der Waals surface area (Å²) in [6, 6.07) is 6.14. The Morgan fingerprint density at radius 1 is 1.20 bits per heavy atom. The Hall–Kier alpha value is -2.94. The van der Waals surface area contributed by atoms with Gasteiger partial charge in [-0.05, 0) is 12.1 Å². The van der Waals surface area contributed by atoms with Crippen LogP contribution < -0.4 is 31.5 Å². The van der Waals surface area contributed by atoms with Crippen molar-refractivity contribution in [1.29, 1.82) is 0 Å². The van der Waals surface area contributed by atoms with Gasteiger partial charge in [0.25, 0.3) is 0 Å². The predicted molar refractivity (Wildman–Crippen MR) is 96.7 cm³/mol. The lowest BCUT2D eigenvalue weighted by Gasteiger charge is -2.30. The van der Waals surface area contributed by atoms with Crippen LogP contribution in [0.1, 0.15) is 5.56 Å². The molecule has 2 aromatic rings. The number of nitrogens with two attached hydrogens (primary N) is 2. The van der Waals surface area contributed by atoms with Crippen molar-refractivity contribution in [3.63, 3.8) is 0 Å². The van der Waals surface area contributed by atoms with Crippen LogP contribution in [0.25, 0.3) is 0 Å². The van der Waals surface area contributed by atoms with E-state index in [9.17, 15) is 0 Å². The molecule has 0 spiro atoms. The summed E-state index contributed by atoms with van der Waals surface area (Å²) < 4.78 is 11.0. The topological polar surface area (TPSA) is 115 Å². The Bertz CT molecular complexity index is 792. The average Bonchev–Trinajstić information content (AvgIpc) is 3.06. The van der Waals surface area contributed by atoms with Crippen LogP contribution in [-0.2, 0) is 11.3 Å². The number of ether oxygens (including phenoxy) is 2. The van der Waals surface area contributed by atoms with Gasteiger partial charge in [-0.3, -0.25) is 10.4 Å². The number of morpholine rings is 1. The average molecular weight is 343 g/mol. The van der Waals surface area contributed by atoms with Crippen LogP contribution in [0.5, 0.6) is 5.75 Å². The number of benzene rings is 1. The highest BCUT2D eigenvalue weighted by Gasteiger charge is 2.26. The largest absolute Gasteiger partial charge is 0.494 e. The molecule has 0 radical (unpaired) electrons. The molecule has 1 fully saturated rings. The molecule has 5 N–H and O–H groups in total. The second kappa shape index (κ2) is 6.17. The Morgan fingerprint density at radius 2 is 2.00 bits per heavy atom. The van der Waals surface area contributed by atoms with Crippen molar-refractivity contribution in [2.45, 2.75) is 6.54 Å². The van der Waals surface area contributed by atoms with E-state index in [1.165, 1.54) is 0 Å². The maximum atomic E-state index is 5.96. The molecule has 0 atom stereocenters. The molecule has 9 nitrogen and oxygen atoms in total. The van der Waals surface area contributed by atoms with Gasteiger partial charge in [-0.1, -0.05) is 0 Å². The highest BCUT2D eigenvalue weighted by atomic mass is 16.5. The van der Waals surface area contributed by atoms with Gasteiger partial charge in [-0.2, -0.15) is 9.97 Å². The fraction of sp³-hybridized carbons (Fsp3) is 0.375. The molecule has 0 bridgehead atoms. The van der Waals surface area contributed by atoms with Crippen LogP contribution in [0.2, 0.25) is 0 Å². The molecular formula is C16H21N7O2. The van der Waals surface area contributed by atoms with Crippen molar-refractivity contribution in [2.75, 3.05) is 60.2 Å². The van der Waals surface area contributed by atoms with E-state index in [1.807, 2.05) is 17.1 Å². The van der Waals surface area contributed by atoms with Crippen molar-refractivity contribution in [3.8, 4) is 5.75 Å². The number of hydrogen-bond acceptors (Lipinski definition) is 9. The monoisotopic (exact) mass is 343 g/mol. The van der Waals surface area contributed by atoms with Gasteiger partial charge in [0, 0.05) is 24.8 Å². The number of rotatable bonds is 3. The van der Waals surface area contributed by atoms with Crippen LogP contribution in [0.3, 0.4) is 0 Å². The summed E-state index contributed by atoms with van der Waals surface area (Å²) in [7, 11) is 1.66. The Balaban J connectivity index is 1.61. The number of anilines is 5. The van der Waals surface area contributed by atoms with Crippen molar-refractivity contribution in [1.82, 2.24) is 9.97 Å².